The number of nitrogens with zero attached hydrogens (tertiary/aromatic N) is 1. The molecule has 0 saturated heterocycles. The van der Waals surface area contributed by atoms with Gasteiger partial charge in [0, 0.05) is 12.1 Å². The number of anilines is 1. The number of rotatable bonds is 4. The summed E-state index contributed by atoms with van der Waals surface area (Å²) >= 11 is 0. The highest BCUT2D eigenvalue weighted by Crippen LogP contribution is 2.40. The summed E-state index contributed by atoms with van der Waals surface area (Å²) < 4.78 is 44.4. The molecule has 4 nitrogen and oxygen atoms in total. The van der Waals surface area contributed by atoms with E-state index in [1.807, 2.05) is 29.7 Å². The molecular formula is C13H14F3N3O. The van der Waals surface area contributed by atoms with Gasteiger partial charge in [-0.1, -0.05) is 24.3 Å². The van der Waals surface area contributed by atoms with Gasteiger partial charge in [-0.05, 0) is 12.5 Å². The maximum Gasteiger partial charge on any atom is 0.423 e. The van der Waals surface area contributed by atoms with Crippen molar-refractivity contribution >= 4 is 5.82 Å². The van der Waals surface area contributed by atoms with Crippen molar-refractivity contribution < 1.29 is 17.9 Å². The average Bonchev–Trinajstić information content (AvgIpc) is 2.44. The minimum Gasteiger partial charge on any atom is -0.492 e. The van der Waals surface area contributed by atoms with Crippen molar-refractivity contribution in [2.24, 2.45) is 11.8 Å². The lowest BCUT2D eigenvalue weighted by Gasteiger charge is -2.19. The zero-order valence-electron chi connectivity index (χ0n) is 10.5. The van der Waals surface area contributed by atoms with Crippen molar-refractivity contribution in [2.75, 3.05) is 12.0 Å². The van der Waals surface area contributed by atoms with Gasteiger partial charge in [-0.2, -0.15) is 13.2 Å². The molecule has 108 valence electrons. The molecule has 0 fully saturated rings. The molecule has 7 heteroatoms. The molecule has 1 unspecified atom stereocenters. The number of ether oxygens (including phenoxy) is 1. The van der Waals surface area contributed by atoms with Gasteiger partial charge in [-0.3, -0.25) is 0 Å². The number of halogens is 3. The first-order chi connectivity index (χ1) is 9.52. The zero-order chi connectivity index (χ0) is 14.6. The van der Waals surface area contributed by atoms with E-state index < -0.39 is 17.6 Å². The Bertz CT molecular complexity index is 526. The lowest BCUT2D eigenvalue weighted by atomic mass is 10.0. The van der Waals surface area contributed by atoms with Crippen LogP contribution < -0.4 is 16.0 Å². The largest absolute Gasteiger partial charge is 0.492 e. The predicted octanol–water partition coefficient (Wildman–Crippen LogP) is 2.90. The number of hydrazine groups is 1. The second-order valence-corrected chi connectivity index (χ2v) is 4.29. The molecule has 0 spiro atoms. The van der Waals surface area contributed by atoms with E-state index in [0.717, 1.165) is 6.42 Å². The number of aromatic nitrogens is 1. The Labute approximate surface area is 114 Å². The van der Waals surface area contributed by atoms with Crippen molar-refractivity contribution in [1.29, 1.82) is 0 Å². The molecule has 1 heterocycles. The Hall–Kier alpha value is -2.02. The Morgan fingerprint density at radius 2 is 2.20 bits per heavy atom. The van der Waals surface area contributed by atoms with Gasteiger partial charge < -0.3 is 10.2 Å². The highest BCUT2D eigenvalue weighted by atomic mass is 19.4. The van der Waals surface area contributed by atoms with Crippen LogP contribution in [0.25, 0.3) is 0 Å². The molecule has 0 amide bonds. The van der Waals surface area contributed by atoms with Gasteiger partial charge in [0.1, 0.15) is 11.3 Å². The third-order valence-electron chi connectivity index (χ3n) is 2.86. The number of hydrogen-bond donors (Lipinski definition) is 2. The summed E-state index contributed by atoms with van der Waals surface area (Å²) in [6.45, 7) is 0.165. The highest BCUT2D eigenvalue weighted by Gasteiger charge is 2.38. The number of hydrogen-bond acceptors (Lipinski definition) is 4. The Morgan fingerprint density at radius 3 is 2.80 bits per heavy atom. The maximum absolute atomic E-state index is 13.0. The third-order valence-corrected chi connectivity index (χ3v) is 2.86. The molecule has 0 bridgehead atoms. The lowest BCUT2D eigenvalue weighted by molar-refractivity contribution is -0.138. The molecule has 1 aliphatic carbocycles. The van der Waals surface area contributed by atoms with E-state index in [9.17, 15) is 13.2 Å². The molecule has 0 saturated carbocycles. The number of nitrogens with one attached hydrogen (secondary N) is 1. The number of allylic oxidation sites excluding steroid dienone is 3. The number of nitrogens with two attached hydrogens (primary N) is 1. The van der Waals surface area contributed by atoms with Crippen LogP contribution >= 0.6 is 0 Å². The standard InChI is InChI=1S/C13H14F3N3O/c14-13(15,16)11-10(6-7-18-12(11)19-17)20-8-9-4-2-1-3-5-9/h1-4,6-7,9H,5,8,17H2,(H,18,19). The number of nitrogen functional groups attached to an aromatic ring is 1. The van der Waals surface area contributed by atoms with Crippen LogP contribution in [0.4, 0.5) is 19.0 Å². The maximum atomic E-state index is 13.0. The SMILES string of the molecule is NNc1nccc(OCC2C=CC=CC2)c1C(F)(F)F. The third kappa shape index (κ3) is 3.30. The molecule has 1 aromatic heterocycles. The Kier molecular flexibility index (Phi) is 4.29. The minimum absolute atomic E-state index is 0.0588. The summed E-state index contributed by atoms with van der Waals surface area (Å²) in [5.41, 5.74) is 0.956. The molecule has 0 radical (unpaired) electrons. The van der Waals surface area contributed by atoms with Crippen molar-refractivity contribution in [1.82, 2.24) is 4.98 Å². The molecule has 3 N–H and O–H groups in total. The van der Waals surface area contributed by atoms with Gasteiger partial charge in [0.15, 0.2) is 5.82 Å². The molecule has 0 aliphatic heterocycles. The van der Waals surface area contributed by atoms with Gasteiger partial charge in [0.05, 0.1) is 6.61 Å². The molecule has 2 rings (SSSR count). The fourth-order valence-electron chi connectivity index (χ4n) is 1.90. The van der Waals surface area contributed by atoms with Crippen molar-refractivity contribution in [3.63, 3.8) is 0 Å². The minimum atomic E-state index is -4.59. The smallest absolute Gasteiger partial charge is 0.423 e. The fourth-order valence-corrected chi connectivity index (χ4v) is 1.90. The summed E-state index contributed by atoms with van der Waals surface area (Å²) in [7, 11) is 0. The van der Waals surface area contributed by atoms with E-state index in [-0.39, 0.29) is 18.3 Å². The first-order valence-corrected chi connectivity index (χ1v) is 6.01. The van der Waals surface area contributed by atoms with E-state index in [1.54, 1.807) is 0 Å². The van der Waals surface area contributed by atoms with Crippen LogP contribution in [-0.4, -0.2) is 11.6 Å². The Morgan fingerprint density at radius 1 is 1.40 bits per heavy atom. The first kappa shape index (κ1) is 14.4. The van der Waals surface area contributed by atoms with Crippen molar-refractivity contribution in [3.05, 3.63) is 42.1 Å². The number of pyridine rings is 1. The van der Waals surface area contributed by atoms with Crippen LogP contribution in [0.5, 0.6) is 5.75 Å². The predicted molar refractivity (Wildman–Crippen MR) is 68.9 cm³/mol. The van der Waals surface area contributed by atoms with Gasteiger partial charge in [0.25, 0.3) is 0 Å². The van der Waals surface area contributed by atoms with Crippen molar-refractivity contribution in [2.45, 2.75) is 12.6 Å². The van der Waals surface area contributed by atoms with E-state index >= 15 is 0 Å². The van der Waals surface area contributed by atoms with Gasteiger partial charge in [-0.25, -0.2) is 10.8 Å². The normalized spacial score (nSPS) is 18.1. The highest BCUT2D eigenvalue weighted by molar-refractivity contribution is 5.52. The van der Waals surface area contributed by atoms with Crippen LogP contribution in [0.1, 0.15) is 12.0 Å². The first-order valence-electron chi connectivity index (χ1n) is 6.01. The second-order valence-electron chi connectivity index (χ2n) is 4.29. The topological polar surface area (TPSA) is 60.2 Å². The van der Waals surface area contributed by atoms with E-state index in [1.165, 1.54) is 12.3 Å². The molecule has 20 heavy (non-hydrogen) atoms. The quantitative estimate of drug-likeness (QED) is 0.659. The second kappa shape index (κ2) is 5.96. The number of alkyl halides is 3. The molecule has 0 aromatic carbocycles. The van der Waals surface area contributed by atoms with E-state index in [4.69, 9.17) is 10.6 Å². The lowest BCUT2D eigenvalue weighted by Crippen LogP contribution is -2.19. The molecular weight excluding hydrogens is 271 g/mol. The summed E-state index contributed by atoms with van der Waals surface area (Å²) in [6, 6.07) is 1.19. The van der Waals surface area contributed by atoms with Gasteiger partial charge in [-0.15, -0.1) is 0 Å². The summed E-state index contributed by atoms with van der Waals surface area (Å²) in [6.07, 6.45) is 4.95. The molecule has 1 aliphatic rings. The van der Waals surface area contributed by atoms with Crippen LogP contribution in [0.15, 0.2) is 36.6 Å². The van der Waals surface area contributed by atoms with E-state index in [2.05, 4.69) is 4.98 Å². The van der Waals surface area contributed by atoms with Crippen molar-refractivity contribution in [3.8, 4) is 5.75 Å². The van der Waals surface area contributed by atoms with Crippen LogP contribution in [-0.2, 0) is 6.18 Å². The fraction of sp³-hybridized carbons (Fsp3) is 0.308. The summed E-state index contributed by atoms with van der Waals surface area (Å²) in [5, 5.41) is 0. The molecule has 1 aromatic rings. The zero-order valence-corrected chi connectivity index (χ0v) is 10.5. The average molecular weight is 285 g/mol. The Balaban J connectivity index is 2.18. The van der Waals surface area contributed by atoms with Crippen LogP contribution in [0.2, 0.25) is 0 Å². The van der Waals surface area contributed by atoms with E-state index in [0.29, 0.717) is 0 Å². The van der Waals surface area contributed by atoms with Crippen LogP contribution in [0, 0.1) is 5.92 Å². The molecule has 1 atom stereocenters. The monoisotopic (exact) mass is 285 g/mol. The van der Waals surface area contributed by atoms with Gasteiger partial charge in [0.2, 0.25) is 0 Å². The summed E-state index contributed by atoms with van der Waals surface area (Å²) in [5.74, 6) is 4.40. The summed E-state index contributed by atoms with van der Waals surface area (Å²) in [4.78, 5) is 3.56. The van der Waals surface area contributed by atoms with Gasteiger partial charge >= 0.3 is 6.18 Å². The van der Waals surface area contributed by atoms with Crippen LogP contribution in [0.3, 0.4) is 0 Å².